The lowest BCUT2D eigenvalue weighted by atomic mass is 10.0. The number of aryl methyl sites for hydroxylation is 2. The molecule has 1 N–H and O–H groups in total. The fourth-order valence-corrected chi connectivity index (χ4v) is 2.45. The maximum atomic E-state index is 12.8. The number of aromatic amines is 1. The fraction of sp³-hybridized carbons (Fsp3) is 0.267. The van der Waals surface area contributed by atoms with Crippen LogP contribution in [0.5, 0.6) is 0 Å². The van der Waals surface area contributed by atoms with Crippen LogP contribution in [0.15, 0.2) is 23.6 Å². The van der Waals surface area contributed by atoms with Crippen LogP contribution in [0.3, 0.4) is 0 Å². The number of hydrogen-bond acceptors (Lipinski definition) is 5. The minimum Gasteiger partial charge on any atom is -0.284 e. The highest BCUT2D eigenvalue weighted by atomic mass is 16.7. The fourth-order valence-electron chi connectivity index (χ4n) is 2.45. The number of carbonyl (C=O) groups excluding carboxylic acids is 1. The molecule has 3 aromatic heterocycles. The second kappa shape index (κ2) is 5.44. The minimum absolute atomic E-state index is 0.154. The molecule has 0 aliphatic rings. The topological polar surface area (TPSA) is 105 Å². The van der Waals surface area contributed by atoms with Crippen molar-refractivity contribution < 1.29 is 14.0 Å². The molecule has 3 aromatic rings. The van der Waals surface area contributed by atoms with Crippen LogP contribution in [-0.4, -0.2) is 30.5 Å². The molecule has 0 aliphatic heterocycles. The number of aromatic nitrogens is 6. The van der Waals surface area contributed by atoms with Gasteiger partial charge in [-0.25, -0.2) is 0 Å². The maximum absolute atomic E-state index is 12.8. The van der Waals surface area contributed by atoms with Crippen molar-refractivity contribution in [3.05, 3.63) is 57.8 Å². The van der Waals surface area contributed by atoms with Gasteiger partial charge < -0.3 is 0 Å². The van der Waals surface area contributed by atoms with E-state index in [-0.39, 0.29) is 16.0 Å². The molecule has 0 aromatic carbocycles. The monoisotopic (exact) mass is 329 g/mol. The van der Waals surface area contributed by atoms with Crippen molar-refractivity contribution >= 4 is 11.4 Å². The quantitative estimate of drug-likeness (QED) is 0.716. The zero-order valence-corrected chi connectivity index (χ0v) is 13.8. The number of rotatable bonds is 4. The summed E-state index contributed by atoms with van der Waals surface area (Å²) in [4.78, 5) is 24.8. The van der Waals surface area contributed by atoms with Gasteiger partial charge in [0.2, 0.25) is 11.5 Å². The molecule has 24 heavy (non-hydrogen) atoms. The van der Waals surface area contributed by atoms with E-state index in [0.717, 1.165) is 5.69 Å². The molecule has 124 valence electrons. The normalized spacial score (nSPS) is 11.0. The van der Waals surface area contributed by atoms with Crippen molar-refractivity contribution in [2.45, 2.75) is 13.8 Å². The summed E-state index contributed by atoms with van der Waals surface area (Å²) in [5.41, 5.74) is 3.04. The predicted octanol–water partition coefficient (Wildman–Crippen LogP) is 0.899. The SMILES string of the molecule is C=C(c1cnn(C)c1C)c1[nH]o[n+](=O)c1C(=O)c1cnn(C)c1C. The average Bonchev–Trinajstić information content (AvgIpc) is 3.19. The lowest BCUT2D eigenvalue weighted by molar-refractivity contribution is -0.714. The molecule has 0 saturated heterocycles. The van der Waals surface area contributed by atoms with Gasteiger partial charge in [0.05, 0.1) is 18.0 Å². The standard InChI is InChI=1S/C15H16N6O3/c1-8(11-6-16-19(4)9(11)2)13-14(21(23)24-18-13)15(22)12-7-17-20(5)10(12)3/h6-7H,1H2,2-5H3/p+1. The maximum Gasteiger partial charge on any atom is 0.320 e. The van der Waals surface area contributed by atoms with Crippen LogP contribution in [0.1, 0.15) is 38.7 Å². The Labute approximate surface area is 136 Å². The number of carbonyl (C=O) groups is 1. The minimum atomic E-state index is -0.488. The van der Waals surface area contributed by atoms with Gasteiger partial charge >= 0.3 is 5.69 Å². The zero-order chi connectivity index (χ0) is 17.6. The second-order valence-corrected chi connectivity index (χ2v) is 5.52. The third-order valence-corrected chi connectivity index (χ3v) is 4.21. The Morgan fingerprint density at radius 1 is 1.17 bits per heavy atom. The van der Waals surface area contributed by atoms with Crippen molar-refractivity contribution in [1.29, 1.82) is 0 Å². The van der Waals surface area contributed by atoms with Gasteiger partial charge in [-0.1, -0.05) is 16.4 Å². The van der Waals surface area contributed by atoms with Crippen LogP contribution >= 0.6 is 0 Å². The van der Waals surface area contributed by atoms with Crippen molar-refractivity contribution in [3.8, 4) is 0 Å². The summed E-state index contributed by atoms with van der Waals surface area (Å²) in [6, 6.07) is 0. The van der Waals surface area contributed by atoms with Gasteiger partial charge in [0, 0.05) is 36.6 Å². The lowest BCUT2D eigenvalue weighted by Gasteiger charge is -2.01. The molecule has 0 radical (unpaired) electrons. The average molecular weight is 329 g/mol. The zero-order valence-electron chi connectivity index (χ0n) is 13.8. The van der Waals surface area contributed by atoms with Gasteiger partial charge in [-0.3, -0.25) is 14.2 Å². The number of H-pyrrole nitrogens is 1. The van der Waals surface area contributed by atoms with Gasteiger partial charge in [-0.05, 0) is 18.8 Å². The van der Waals surface area contributed by atoms with Gasteiger partial charge in [0.25, 0.3) is 0 Å². The molecule has 9 nitrogen and oxygen atoms in total. The van der Waals surface area contributed by atoms with E-state index in [1.165, 1.54) is 6.20 Å². The third-order valence-electron chi connectivity index (χ3n) is 4.21. The Morgan fingerprint density at radius 2 is 1.71 bits per heavy atom. The smallest absolute Gasteiger partial charge is 0.284 e. The number of nitrogens with zero attached hydrogens (tertiary/aromatic N) is 5. The summed E-state index contributed by atoms with van der Waals surface area (Å²) < 4.78 is 8.17. The van der Waals surface area contributed by atoms with Gasteiger partial charge in [0.1, 0.15) is 0 Å². The van der Waals surface area contributed by atoms with Crippen LogP contribution in [0.25, 0.3) is 5.57 Å². The summed E-state index contributed by atoms with van der Waals surface area (Å²) in [5.74, 6) is -0.488. The summed E-state index contributed by atoms with van der Waals surface area (Å²) >= 11 is 0. The summed E-state index contributed by atoms with van der Waals surface area (Å²) in [7, 11) is 3.52. The first kappa shape index (κ1) is 15.7. The molecule has 3 heterocycles. The molecule has 0 amide bonds. The van der Waals surface area contributed by atoms with Gasteiger partial charge in [-0.2, -0.15) is 10.2 Å². The molecular weight excluding hydrogens is 312 g/mol. The van der Waals surface area contributed by atoms with E-state index in [2.05, 4.69) is 21.9 Å². The molecule has 9 heteroatoms. The third kappa shape index (κ3) is 2.21. The number of ketones is 1. The van der Waals surface area contributed by atoms with Gasteiger partial charge in [-0.15, -0.1) is 0 Å². The van der Waals surface area contributed by atoms with Crippen LogP contribution in [-0.2, 0) is 14.1 Å². The van der Waals surface area contributed by atoms with Crippen molar-refractivity contribution in [2.75, 3.05) is 0 Å². The molecule has 0 saturated carbocycles. The van der Waals surface area contributed by atoms with Crippen molar-refractivity contribution in [1.82, 2.24) is 24.7 Å². The highest BCUT2D eigenvalue weighted by molar-refractivity contribution is 6.10. The molecular formula is C15H17N6O3+. The Bertz CT molecular complexity index is 1020. The molecule has 0 unspecified atom stereocenters. The second-order valence-electron chi connectivity index (χ2n) is 5.52. The highest BCUT2D eigenvalue weighted by Crippen LogP contribution is 2.25. The van der Waals surface area contributed by atoms with Crippen LogP contribution in [0, 0.1) is 18.8 Å². The Kier molecular flexibility index (Phi) is 3.55. The Balaban J connectivity index is 2.11. The first-order chi connectivity index (χ1) is 11.3. The van der Waals surface area contributed by atoms with Gasteiger partial charge in [0.15, 0.2) is 4.60 Å². The summed E-state index contributed by atoms with van der Waals surface area (Å²) in [6.07, 6.45) is 3.05. The molecule has 0 spiro atoms. The van der Waals surface area contributed by atoms with Crippen LogP contribution < -0.4 is 4.60 Å². The lowest BCUT2D eigenvalue weighted by Crippen LogP contribution is -2.23. The number of hydrogen-bond donors (Lipinski definition) is 1. The molecule has 0 fully saturated rings. The van der Waals surface area contributed by atoms with E-state index in [4.69, 9.17) is 4.63 Å². The van der Waals surface area contributed by atoms with Crippen molar-refractivity contribution in [3.63, 3.8) is 0 Å². The largest absolute Gasteiger partial charge is 0.320 e. The molecule has 0 bridgehead atoms. The Hall–Kier alpha value is -3.23. The van der Waals surface area contributed by atoms with Crippen molar-refractivity contribution in [2.24, 2.45) is 14.1 Å². The van der Waals surface area contributed by atoms with E-state index >= 15 is 0 Å². The first-order valence-corrected chi connectivity index (χ1v) is 7.19. The van der Waals surface area contributed by atoms with E-state index in [1.807, 2.05) is 6.92 Å². The van der Waals surface area contributed by atoms with E-state index < -0.39 is 5.78 Å². The summed E-state index contributed by atoms with van der Waals surface area (Å²) in [5, 5.41) is 10.7. The Morgan fingerprint density at radius 3 is 2.21 bits per heavy atom. The number of nitrogens with one attached hydrogen (secondary N) is 1. The van der Waals surface area contributed by atoms with Crippen LogP contribution in [0.2, 0.25) is 0 Å². The van der Waals surface area contributed by atoms with E-state index in [9.17, 15) is 9.70 Å². The first-order valence-electron chi connectivity index (χ1n) is 7.19. The highest BCUT2D eigenvalue weighted by Gasteiger charge is 2.33. The molecule has 0 atom stereocenters. The molecule has 3 rings (SSSR count). The van der Waals surface area contributed by atoms with E-state index in [0.29, 0.717) is 22.4 Å². The summed E-state index contributed by atoms with van der Waals surface area (Å²) in [6.45, 7) is 7.59. The molecule has 0 aliphatic carbocycles. The predicted molar refractivity (Wildman–Crippen MR) is 83.9 cm³/mol. The van der Waals surface area contributed by atoms with E-state index in [1.54, 1.807) is 36.6 Å². The van der Waals surface area contributed by atoms with Crippen LogP contribution in [0.4, 0.5) is 0 Å².